The van der Waals surface area contributed by atoms with Gasteiger partial charge >= 0.3 is 0 Å². The first kappa shape index (κ1) is 16.9. The number of aromatic nitrogens is 3. The van der Waals surface area contributed by atoms with E-state index in [0.717, 1.165) is 43.1 Å². The molecule has 0 N–H and O–H groups in total. The molecule has 7 nitrogen and oxygen atoms in total. The Labute approximate surface area is 163 Å². The Morgan fingerprint density at radius 3 is 2.57 bits per heavy atom. The fourth-order valence-electron chi connectivity index (χ4n) is 3.58. The third kappa shape index (κ3) is 3.25. The average molecular weight is 375 g/mol. The largest absolute Gasteiger partial charge is 0.437 e. The molecule has 2 aliphatic heterocycles. The lowest BCUT2D eigenvalue weighted by molar-refractivity contribution is 0.122. The Morgan fingerprint density at radius 2 is 1.79 bits per heavy atom. The monoisotopic (exact) mass is 375 g/mol. The van der Waals surface area contributed by atoms with Gasteiger partial charge in [-0.3, -0.25) is 4.98 Å². The molecule has 7 heteroatoms. The molecule has 0 atom stereocenters. The van der Waals surface area contributed by atoms with E-state index in [4.69, 9.17) is 19.4 Å². The van der Waals surface area contributed by atoms with E-state index >= 15 is 0 Å². The van der Waals surface area contributed by atoms with E-state index in [-0.39, 0.29) is 0 Å². The van der Waals surface area contributed by atoms with Gasteiger partial charge in [0.1, 0.15) is 11.6 Å². The minimum Gasteiger partial charge on any atom is -0.437 e. The van der Waals surface area contributed by atoms with Crippen LogP contribution in [-0.4, -0.2) is 47.8 Å². The van der Waals surface area contributed by atoms with Crippen molar-refractivity contribution in [3.63, 3.8) is 0 Å². The fraction of sp³-hybridized carbons (Fsp3) is 0.286. The van der Waals surface area contributed by atoms with Crippen molar-refractivity contribution in [3.05, 3.63) is 60.4 Å². The summed E-state index contributed by atoms with van der Waals surface area (Å²) in [5.41, 5.74) is 2.16. The van der Waals surface area contributed by atoms with Crippen molar-refractivity contribution in [2.45, 2.75) is 6.42 Å². The van der Waals surface area contributed by atoms with Crippen LogP contribution in [0.25, 0.3) is 0 Å². The third-order valence-electron chi connectivity index (χ3n) is 4.99. The standard InChI is InChI=1S/C21H21N5O2/c1-2-5-16(6-3-1)26-10-8-18-19(26)23-21(25-11-13-27-14-12-25)24-20(18)28-17-7-4-9-22-15-17/h1-7,9,15H,8,10-14H2. The number of nitrogens with zero attached hydrogens (tertiary/aromatic N) is 5. The second-order valence-electron chi connectivity index (χ2n) is 6.76. The van der Waals surface area contributed by atoms with Gasteiger partial charge < -0.3 is 19.3 Å². The molecule has 0 unspecified atom stereocenters. The normalized spacial score (nSPS) is 16.1. The number of pyridine rings is 1. The van der Waals surface area contributed by atoms with Crippen molar-refractivity contribution in [2.75, 3.05) is 42.6 Å². The number of fused-ring (bicyclic) bond motifs is 1. The van der Waals surface area contributed by atoms with Crippen LogP contribution in [0.15, 0.2) is 54.9 Å². The molecule has 2 aliphatic rings. The molecule has 0 radical (unpaired) electrons. The first-order valence-corrected chi connectivity index (χ1v) is 9.52. The summed E-state index contributed by atoms with van der Waals surface area (Å²) < 4.78 is 11.6. The molecule has 1 saturated heterocycles. The third-order valence-corrected chi connectivity index (χ3v) is 4.99. The number of anilines is 3. The zero-order valence-electron chi connectivity index (χ0n) is 15.5. The average Bonchev–Trinajstić information content (AvgIpc) is 3.20. The number of benzene rings is 1. The summed E-state index contributed by atoms with van der Waals surface area (Å²) in [6, 6.07) is 14.1. The van der Waals surface area contributed by atoms with Crippen LogP contribution in [0.3, 0.4) is 0 Å². The lowest BCUT2D eigenvalue weighted by Gasteiger charge is -2.28. The van der Waals surface area contributed by atoms with Gasteiger partial charge in [0.25, 0.3) is 0 Å². The quantitative estimate of drug-likeness (QED) is 0.694. The van der Waals surface area contributed by atoms with Gasteiger partial charge in [-0.1, -0.05) is 18.2 Å². The molecule has 5 rings (SSSR count). The maximum atomic E-state index is 6.14. The molecule has 0 saturated carbocycles. The first-order chi connectivity index (χ1) is 13.9. The van der Waals surface area contributed by atoms with Gasteiger partial charge in [-0.05, 0) is 30.7 Å². The molecular weight excluding hydrogens is 354 g/mol. The second-order valence-corrected chi connectivity index (χ2v) is 6.76. The lowest BCUT2D eigenvalue weighted by Crippen LogP contribution is -2.37. The molecule has 0 aliphatic carbocycles. The Balaban J connectivity index is 1.57. The molecule has 1 fully saturated rings. The van der Waals surface area contributed by atoms with E-state index < -0.39 is 0 Å². The SMILES string of the molecule is c1ccc(N2CCc3c(Oc4cccnc4)nc(N4CCOCC4)nc32)cc1. The summed E-state index contributed by atoms with van der Waals surface area (Å²) in [5, 5.41) is 0. The Hall–Kier alpha value is -3.19. The van der Waals surface area contributed by atoms with Crippen molar-refractivity contribution >= 4 is 17.5 Å². The molecule has 0 bridgehead atoms. The molecule has 1 aromatic carbocycles. The van der Waals surface area contributed by atoms with Crippen LogP contribution in [0.2, 0.25) is 0 Å². The number of hydrogen-bond acceptors (Lipinski definition) is 7. The van der Waals surface area contributed by atoms with Gasteiger partial charge in [0, 0.05) is 31.5 Å². The zero-order valence-corrected chi connectivity index (χ0v) is 15.5. The smallest absolute Gasteiger partial charge is 0.230 e. The number of rotatable bonds is 4. The highest BCUT2D eigenvalue weighted by Gasteiger charge is 2.29. The van der Waals surface area contributed by atoms with Crippen LogP contribution in [-0.2, 0) is 11.2 Å². The molecule has 4 heterocycles. The van der Waals surface area contributed by atoms with Gasteiger partial charge in [0.15, 0.2) is 0 Å². The predicted octanol–water partition coefficient (Wildman–Crippen LogP) is 3.19. The molecule has 3 aromatic rings. The lowest BCUT2D eigenvalue weighted by atomic mass is 10.2. The second kappa shape index (κ2) is 7.44. The van der Waals surface area contributed by atoms with E-state index in [2.05, 4.69) is 26.9 Å². The maximum absolute atomic E-state index is 6.14. The molecule has 0 spiro atoms. The number of morpholine rings is 1. The van der Waals surface area contributed by atoms with Gasteiger partial charge in [-0.15, -0.1) is 0 Å². The van der Waals surface area contributed by atoms with Crippen LogP contribution in [0.5, 0.6) is 11.6 Å². The molecule has 0 amide bonds. The Bertz CT molecular complexity index is 946. The highest BCUT2D eigenvalue weighted by atomic mass is 16.5. The van der Waals surface area contributed by atoms with Gasteiger partial charge in [0.05, 0.1) is 25.0 Å². The van der Waals surface area contributed by atoms with E-state index in [1.165, 1.54) is 0 Å². The minimum absolute atomic E-state index is 0.609. The number of ether oxygens (including phenoxy) is 2. The highest BCUT2D eigenvalue weighted by Crippen LogP contribution is 2.39. The van der Waals surface area contributed by atoms with Gasteiger partial charge in [-0.2, -0.15) is 9.97 Å². The predicted molar refractivity (Wildman–Crippen MR) is 107 cm³/mol. The van der Waals surface area contributed by atoms with E-state index in [1.54, 1.807) is 12.4 Å². The molecular formula is C21H21N5O2. The Kier molecular flexibility index (Phi) is 4.50. The van der Waals surface area contributed by atoms with Crippen molar-refractivity contribution in [3.8, 4) is 11.6 Å². The van der Waals surface area contributed by atoms with Crippen LogP contribution < -0.4 is 14.5 Å². The summed E-state index contributed by atoms with van der Waals surface area (Å²) in [5.74, 6) is 2.89. The zero-order chi connectivity index (χ0) is 18.8. The van der Waals surface area contributed by atoms with E-state index in [9.17, 15) is 0 Å². The first-order valence-electron chi connectivity index (χ1n) is 9.52. The van der Waals surface area contributed by atoms with E-state index in [0.29, 0.717) is 30.8 Å². The van der Waals surface area contributed by atoms with Crippen molar-refractivity contribution < 1.29 is 9.47 Å². The summed E-state index contributed by atoms with van der Waals surface area (Å²) in [4.78, 5) is 18.2. The topological polar surface area (TPSA) is 63.6 Å². The summed E-state index contributed by atoms with van der Waals surface area (Å²) >= 11 is 0. The minimum atomic E-state index is 0.609. The van der Waals surface area contributed by atoms with E-state index in [1.807, 2.05) is 30.3 Å². The summed E-state index contributed by atoms with van der Waals surface area (Å²) in [7, 11) is 0. The van der Waals surface area contributed by atoms with Crippen molar-refractivity contribution in [2.24, 2.45) is 0 Å². The van der Waals surface area contributed by atoms with Crippen molar-refractivity contribution in [1.29, 1.82) is 0 Å². The number of hydrogen-bond donors (Lipinski definition) is 0. The molecule has 2 aromatic heterocycles. The van der Waals surface area contributed by atoms with Crippen LogP contribution in [0.4, 0.5) is 17.5 Å². The highest BCUT2D eigenvalue weighted by molar-refractivity contribution is 5.69. The maximum Gasteiger partial charge on any atom is 0.230 e. The van der Waals surface area contributed by atoms with Crippen LogP contribution in [0.1, 0.15) is 5.56 Å². The van der Waals surface area contributed by atoms with Crippen LogP contribution in [0, 0.1) is 0 Å². The fourth-order valence-corrected chi connectivity index (χ4v) is 3.58. The molecule has 28 heavy (non-hydrogen) atoms. The summed E-state index contributed by atoms with van der Waals surface area (Å²) in [6.45, 7) is 3.76. The van der Waals surface area contributed by atoms with Gasteiger partial charge in [0.2, 0.25) is 11.8 Å². The van der Waals surface area contributed by atoms with Gasteiger partial charge in [-0.25, -0.2) is 0 Å². The van der Waals surface area contributed by atoms with Crippen LogP contribution >= 0.6 is 0 Å². The Morgan fingerprint density at radius 1 is 0.929 bits per heavy atom. The van der Waals surface area contributed by atoms with Crippen molar-refractivity contribution in [1.82, 2.24) is 15.0 Å². The molecule has 142 valence electrons. The number of para-hydroxylation sites is 1. The summed E-state index contributed by atoms with van der Waals surface area (Å²) in [6.07, 6.45) is 4.27.